The zero-order valence-corrected chi connectivity index (χ0v) is 17.2. The predicted molar refractivity (Wildman–Crippen MR) is 114 cm³/mol. The average Bonchev–Trinajstić information content (AvgIpc) is 3.30. The Morgan fingerprint density at radius 2 is 1.90 bits per heavy atom. The van der Waals surface area contributed by atoms with Gasteiger partial charge in [0.15, 0.2) is 0 Å². The quantitative estimate of drug-likeness (QED) is 0.377. The summed E-state index contributed by atoms with van der Waals surface area (Å²) in [5, 5.41) is 5.48. The molecule has 2 aromatic heterocycles. The van der Waals surface area contributed by atoms with Gasteiger partial charge in [-0.25, -0.2) is 4.79 Å². The van der Waals surface area contributed by atoms with Gasteiger partial charge in [-0.05, 0) is 30.7 Å². The van der Waals surface area contributed by atoms with Crippen LogP contribution in [-0.2, 0) is 6.54 Å². The van der Waals surface area contributed by atoms with E-state index < -0.39 is 11.9 Å². The fourth-order valence-corrected chi connectivity index (χ4v) is 4.18. The van der Waals surface area contributed by atoms with Crippen molar-refractivity contribution < 1.29 is 19.1 Å². The van der Waals surface area contributed by atoms with Gasteiger partial charge < -0.3 is 15.2 Å². The smallest absolute Gasteiger partial charge is 0.353 e. The van der Waals surface area contributed by atoms with Crippen molar-refractivity contribution in [2.24, 2.45) is 5.73 Å². The Kier molecular flexibility index (Phi) is 5.24. The van der Waals surface area contributed by atoms with E-state index in [9.17, 15) is 9.59 Å². The molecule has 0 bridgehead atoms. The molecule has 2 N–H and O–H groups in total. The molecule has 0 fully saturated rings. The number of hydrogen-bond acceptors (Lipinski definition) is 6. The monoisotopic (exact) mass is 421 g/mol. The molecule has 30 heavy (non-hydrogen) atoms. The summed E-state index contributed by atoms with van der Waals surface area (Å²) < 4.78 is 12.5. The molecule has 2 heterocycles. The van der Waals surface area contributed by atoms with Gasteiger partial charge in [-0.2, -0.15) is 5.10 Å². The van der Waals surface area contributed by atoms with Crippen LogP contribution in [-0.4, -0.2) is 28.8 Å². The number of hydrogen-bond donors (Lipinski definition) is 1. The number of methoxy groups -OCH3 is 1. The summed E-state index contributed by atoms with van der Waals surface area (Å²) in [6.45, 7) is 2.50. The van der Waals surface area contributed by atoms with Gasteiger partial charge in [0.05, 0.1) is 24.9 Å². The van der Waals surface area contributed by atoms with Crippen LogP contribution in [0.4, 0.5) is 0 Å². The van der Waals surface area contributed by atoms with Crippen LogP contribution in [0.3, 0.4) is 0 Å². The standard InChI is InChI=1S/C22H19N3O4S/c1-13-17-11-19(30-21(17)25(24-13)12-14-6-4-3-5-7-14)22(27)29-18-10-15(28-2)8-9-16(18)20(23)26/h3-11H,12H2,1-2H3,(H2,23,26). The first kappa shape index (κ1) is 19.7. The lowest BCUT2D eigenvalue weighted by atomic mass is 10.2. The molecule has 2 aromatic carbocycles. The lowest BCUT2D eigenvalue weighted by molar-refractivity contribution is 0.0737. The number of benzene rings is 2. The Hall–Kier alpha value is -3.65. The highest BCUT2D eigenvalue weighted by Crippen LogP contribution is 2.31. The summed E-state index contributed by atoms with van der Waals surface area (Å²) >= 11 is 1.29. The van der Waals surface area contributed by atoms with E-state index in [-0.39, 0.29) is 11.3 Å². The van der Waals surface area contributed by atoms with E-state index in [4.69, 9.17) is 15.2 Å². The van der Waals surface area contributed by atoms with E-state index in [0.29, 0.717) is 17.2 Å². The van der Waals surface area contributed by atoms with Crippen molar-refractivity contribution in [3.8, 4) is 11.5 Å². The number of rotatable bonds is 6. The third kappa shape index (κ3) is 3.77. The second kappa shape index (κ2) is 8.00. The van der Waals surface area contributed by atoms with Crippen LogP contribution in [0.15, 0.2) is 54.6 Å². The summed E-state index contributed by atoms with van der Waals surface area (Å²) in [6, 6.07) is 16.2. The van der Waals surface area contributed by atoms with Gasteiger partial charge >= 0.3 is 5.97 Å². The number of esters is 1. The van der Waals surface area contributed by atoms with Gasteiger partial charge in [0, 0.05) is 11.5 Å². The molecule has 0 aliphatic rings. The maximum Gasteiger partial charge on any atom is 0.353 e. The molecule has 1 amide bonds. The second-order valence-corrected chi connectivity index (χ2v) is 7.70. The number of ether oxygens (including phenoxy) is 2. The minimum Gasteiger partial charge on any atom is -0.497 e. The maximum absolute atomic E-state index is 12.8. The highest BCUT2D eigenvalue weighted by atomic mass is 32.1. The van der Waals surface area contributed by atoms with Crippen molar-refractivity contribution in [2.75, 3.05) is 7.11 Å². The summed E-state index contributed by atoms with van der Waals surface area (Å²) in [5.41, 5.74) is 7.45. The molecule has 152 valence electrons. The fourth-order valence-electron chi connectivity index (χ4n) is 3.14. The summed E-state index contributed by atoms with van der Waals surface area (Å²) in [4.78, 5) is 25.8. The third-order valence-corrected chi connectivity index (χ3v) is 5.77. The molecule has 0 saturated carbocycles. The molecule has 8 heteroatoms. The van der Waals surface area contributed by atoms with E-state index in [0.717, 1.165) is 21.5 Å². The highest BCUT2D eigenvalue weighted by molar-refractivity contribution is 7.20. The lowest BCUT2D eigenvalue weighted by Crippen LogP contribution is -2.15. The number of aryl methyl sites for hydroxylation is 1. The molecule has 4 aromatic rings. The van der Waals surface area contributed by atoms with Crippen molar-refractivity contribution in [2.45, 2.75) is 13.5 Å². The zero-order chi connectivity index (χ0) is 21.3. The van der Waals surface area contributed by atoms with Crippen LogP contribution in [0.5, 0.6) is 11.5 Å². The minimum atomic E-state index is -0.689. The van der Waals surface area contributed by atoms with Crippen LogP contribution in [0.2, 0.25) is 0 Å². The van der Waals surface area contributed by atoms with E-state index in [2.05, 4.69) is 5.10 Å². The van der Waals surface area contributed by atoms with Gasteiger partial charge in [0.2, 0.25) is 0 Å². The van der Waals surface area contributed by atoms with Gasteiger partial charge in [-0.1, -0.05) is 30.3 Å². The number of nitrogens with two attached hydrogens (primary N) is 1. The first-order valence-electron chi connectivity index (χ1n) is 9.17. The zero-order valence-electron chi connectivity index (χ0n) is 16.4. The Morgan fingerprint density at radius 3 is 2.60 bits per heavy atom. The van der Waals surface area contributed by atoms with Gasteiger partial charge in [0.1, 0.15) is 21.2 Å². The Labute approximate surface area is 176 Å². The number of fused-ring (bicyclic) bond motifs is 1. The number of carbonyl (C=O) groups excluding carboxylic acids is 2. The van der Waals surface area contributed by atoms with Crippen LogP contribution >= 0.6 is 11.3 Å². The molecule has 0 aliphatic carbocycles. The molecule has 0 atom stereocenters. The predicted octanol–water partition coefficient (Wildman–Crippen LogP) is 3.78. The number of aromatic nitrogens is 2. The maximum atomic E-state index is 12.8. The lowest BCUT2D eigenvalue weighted by Gasteiger charge is -2.09. The number of amides is 1. The van der Waals surface area contributed by atoms with Crippen molar-refractivity contribution in [3.63, 3.8) is 0 Å². The molecule has 0 radical (unpaired) electrons. The highest BCUT2D eigenvalue weighted by Gasteiger charge is 2.20. The van der Waals surface area contributed by atoms with Crippen molar-refractivity contribution >= 4 is 33.4 Å². The SMILES string of the molecule is COc1ccc(C(N)=O)c(OC(=O)c2cc3c(C)nn(Cc4ccccc4)c3s2)c1. The van der Waals surface area contributed by atoms with Crippen LogP contribution in [0.1, 0.15) is 31.3 Å². The van der Waals surface area contributed by atoms with E-state index in [1.54, 1.807) is 12.1 Å². The Morgan fingerprint density at radius 1 is 1.13 bits per heavy atom. The Balaban J connectivity index is 1.65. The first-order chi connectivity index (χ1) is 14.5. The van der Waals surface area contributed by atoms with E-state index in [1.165, 1.54) is 30.6 Å². The van der Waals surface area contributed by atoms with Gasteiger partial charge in [0.25, 0.3) is 5.91 Å². The van der Waals surface area contributed by atoms with Gasteiger partial charge in [-0.15, -0.1) is 11.3 Å². The van der Waals surface area contributed by atoms with Crippen LogP contribution < -0.4 is 15.2 Å². The average molecular weight is 421 g/mol. The molecule has 7 nitrogen and oxygen atoms in total. The van der Waals surface area contributed by atoms with Crippen LogP contribution in [0, 0.1) is 6.92 Å². The summed E-state index contributed by atoms with van der Waals surface area (Å²) in [5.74, 6) is -0.746. The molecular weight excluding hydrogens is 402 g/mol. The molecule has 4 rings (SSSR count). The molecule has 0 spiro atoms. The Bertz CT molecular complexity index is 1240. The van der Waals surface area contributed by atoms with Crippen molar-refractivity contribution in [1.82, 2.24) is 9.78 Å². The number of carbonyl (C=O) groups is 2. The first-order valence-corrected chi connectivity index (χ1v) is 9.99. The number of thiophene rings is 1. The number of nitrogens with zero attached hydrogens (tertiary/aromatic N) is 2. The molecule has 0 unspecified atom stereocenters. The molecule has 0 aliphatic heterocycles. The van der Waals surface area contributed by atoms with Crippen molar-refractivity contribution in [3.05, 3.63) is 76.3 Å². The normalized spacial score (nSPS) is 10.9. The largest absolute Gasteiger partial charge is 0.497 e. The second-order valence-electron chi connectivity index (χ2n) is 6.67. The van der Waals surface area contributed by atoms with Crippen molar-refractivity contribution in [1.29, 1.82) is 0 Å². The topological polar surface area (TPSA) is 96.4 Å². The fraction of sp³-hybridized carbons (Fsp3) is 0.136. The van der Waals surface area contributed by atoms with E-state index >= 15 is 0 Å². The van der Waals surface area contributed by atoms with Crippen LogP contribution in [0.25, 0.3) is 10.2 Å². The third-order valence-electron chi connectivity index (χ3n) is 4.64. The van der Waals surface area contributed by atoms with Gasteiger partial charge in [-0.3, -0.25) is 9.48 Å². The van der Waals surface area contributed by atoms with E-state index in [1.807, 2.05) is 41.9 Å². The molecular formula is C22H19N3O4S. The number of primary amides is 1. The molecule has 0 saturated heterocycles. The minimum absolute atomic E-state index is 0.0620. The summed E-state index contributed by atoms with van der Waals surface area (Å²) in [7, 11) is 1.48. The summed E-state index contributed by atoms with van der Waals surface area (Å²) in [6.07, 6.45) is 0.